The quantitative estimate of drug-likeness (QED) is 0.466. The molecule has 3 aromatic rings. The van der Waals surface area contributed by atoms with Crippen molar-refractivity contribution >= 4 is 40.1 Å². The van der Waals surface area contributed by atoms with Crippen LogP contribution in [0.15, 0.2) is 24.8 Å². The van der Waals surface area contributed by atoms with Crippen molar-refractivity contribution < 1.29 is 9.59 Å². The highest BCUT2D eigenvalue weighted by Crippen LogP contribution is 2.34. The van der Waals surface area contributed by atoms with Crippen molar-refractivity contribution in [1.82, 2.24) is 30.0 Å². The maximum absolute atomic E-state index is 13.0. The van der Waals surface area contributed by atoms with E-state index in [2.05, 4.69) is 59.2 Å². The number of nitrogens with zero attached hydrogens (tertiary/aromatic N) is 4. The lowest BCUT2D eigenvalue weighted by molar-refractivity contribution is -0.118. The average Bonchev–Trinajstić information content (AvgIpc) is 3.25. The fourth-order valence-corrected chi connectivity index (χ4v) is 4.65. The van der Waals surface area contributed by atoms with Gasteiger partial charge in [0.15, 0.2) is 5.82 Å². The molecule has 0 saturated carbocycles. The van der Waals surface area contributed by atoms with Crippen molar-refractivity contribution in [3.8, 4) is 0 Å². The molecule has 0 bridgehead atoms. The Morgan fingerprint density at radius 1 is 1.32 bits per heavy atom. The number of aromatic amines is 1. The second-order valence-corrected chi connectivity index (χ2v) is 10.1. The lowest BCUT2D eigenvalue weighted by Crippen LogP contribution is -2.61. The number of amides is 2. The first-order chi connectivity index (χ1) is 16.0. The van der Waals surface area contributed by atoms with E-state index in [4.69, 9.17) is 11.6 Å². The summed E-state index contributed by atoms with van der Waals surface area (Å²) < 4.78 is 1.81. The molecule has 1 saturated heterocycles. The van der Waals surface area contributed by atoms with Crippen molar-refractivity contribution in [2.24, 2.45) is 7.05 Å². The highest BCUT2D eigenvalue weighted by molar-refractivity contribution is 6.32. The third-order valence-electron chi connectivity index (χ3n) is 6.14. The molecule has 0 aliphatic carbocycles. The number of likely N-dealkylation sites (tertiary alicyclic amines) is 1. The van der Waals surface area contributed by atoms with Gasteiger partial charge in [-0.25, -0.2) is 4.98 Å². The number of rotatable bonds is 6. The van der Waals surface area contributed by atoms with Gasteiger partial charge < -0.3 is 20.1 Å². The molecule has 2 amide bonds. The van der Waals surface area contributed by atoms with Crippen molar-refractivity contribution in [2.75, 3.05) is 18.4 Å². The Labute approximate surface area is 203 Å². The van der Waals surface area contributed by atoms with Crippen molar-refractivity contribution in [3.05, 3.63) is 52.6 Å². The molecular formula is C24H30ClN7O2. The Hall–Kier alpha value is -3.33. The van der Waals surface area contributed by atoms with Crippen LogP contribution in [-0.2, 0) is 23.8 Å². The number of benzene rings is 1. The van der Waals surface area contributed by atoms with Gasteiger partial charge in [0.2, 0.25) is 5.91 Å². The van der Waals surface area contributed by atoms with Gasteiger partial charge in [-0.2, -0.15) is 5.10 Å². The monoisotopic (exact) mass is 483 g/mol. The molecule has 9 nitrogen and oxygen atoms in total. The number of hydrogen-bond donors (Lipinski definition) is 3. The number of halogens is 1. The highest BCUT2D eigenvalue weighted by atomic mass is 35.5. The Morgan fingerprint density at radius 3 is 2.68 bits per heavy atom. The van der Waals surface area contributed by atoms with E-state index in [9.17, 15) is 9.59 Å². The van der Waals surface area contributed by atoms with Gasteiger partial charge in [0.1, 0.15) is 11.5 Å². The van der Waals surface area contributed by atoms with Gasteiger partial charge in [-0.1, -0.05) is 39.0 Å². The number of aryl methyl sites for hydroxylation is 1. The first-order valence-electron chi connectivity index (χ1n) is 11.2. The fraction of sp³-hybridized carbons (Fsp3) is 0.417. The zero-order valence-corrected chi connectivity index (χ0v) is 20.9. The topological polar surface area (TPSA) is 108 Å². The molecule has 0 radical (unpaired) electrons. The Kier molecular flexibility index (Phi) is 6.16. The van der Waals surface area contributed by atoms with E-state index in [-0.39, 0.29) is 23.3 Å². The zero-order valence-electron chi connectivity index (χ0n) is 20.1. The van der Waals surface area contributed by atoms with Gasteiger partial charge in [-0.3, -0.25) is 14.7 Å². The third-order valence-corrected chi connectivity index (χ3v) is 6.45. The molecule has 10 heteroatoms. The summed E-state index contributed by atoms with van der Waals surface area (Å²) in [4.78, 5) is 30.8. The van der Waals surface area contributed by atoms with Crippen LogP contribution in [-0.4, -0.2) is 55.6 Å². The molecule has 2 aromatic heterocycles. The summed E-state index contributed by atoms with van der Waals surface area (Å²) >= 11 is 6.48. The predicted molar refractivity (Wildman–Crippen MR) is 133 cm³/mol. The number of carbonyl (C=O) groups excluding carboxylic acids is 2. The van der Waals surface area contributed by atoms with E-state index in [0.717, 1.165) is 22.3 Å². The molecule has 0 atom stereocenters. The summed E-state index contributed by atoms with van der Waals surface area (Å²) in [6.07, 6.45) is 1.23. The molecule has 4 rings (SSSR count). The lowest BCUT2D eigenvalue weighted by Gasteiger charge is -2.39. The summed E-state index contributed by atoms with van der Waals surface area (Å²) in [6, 6.07) is 3.91. The SMILES string of the molecule is C=CC(=O)NC1CN(C(=O)c2c(C)nc(CNc3n[nH]c4cc(Cl)c(C(C)(C)C)cc34)n2C)C1. The molecule has 1 aromatic carbocycles. The molecule has 3 N–H and O–H groups in total. The van der Waals surface area contributed by atoms with Crippen molar-refractivity contribution in [3.63, 3.8) is 0 Å². The van der Waals surface area contributed by atoms with Crippen LogP contribution in [0.1, 0.15) is 48.3 Å². The van der Waals surface area contributed by atoms with Crippen LogP contribution in [0.2, 0.25) is 5.02 Å². The largest absolute Gasteiger partial charge is 0.361 e. The van der Waals surface area contributed by atoms with E-state index >= 15 is 0 Å². The van der Waals surface area contributed by atoms with Crippen molar-refractivity contribution in [1.29, 1.82) is 0 Å². The maximum Gasteiger partial charge on any atom is 0.272 e. The van der Waals surface area contributed by atoms with E-state index in [1.807, 2.05) is 24.6 Å². The minimum atomic E-state index is -0.232. The number of aromatic nitrogens is 4. The lowest BCUT2D eigenvalue weighted by atomic mass is 9.86. The fourth-order valence-electron chi connectivity index (χ4n) is 4.21. The number of anilines is 1. The molecule has 1 aliphatic heterocycles. The average molecular weight is 484 g/mol. The molecule has 0 spiro atoms. The van der Waals surface area contributed by atoms with Crippen LogP contribution in [0.3, 0.4) is 0 Å². The number of fused-ring (bicyclic) bond motifs is 1. The van der Waals surface area contributed by atoms with E-state index in [0.29, 0.717) is 41.9 Å². The molecular weight excluding hydrogens is 454 g/mol. The van der Waals surface area contributed by atoms with Gasteiger partial charge in [0.05, 0.1) is 23.8 Å². The second kappa shape index (κ2) is 8.79. The standard InChI is InChI=1S/C24H30ClN7O2/c1-7-20(33)28-14-11-32(12-14)23(34)21-13(2)27-19(31(21)6)10-26-22-15-8-16(24(3,4)5)17(25)9-18(15)29-30-22/h7-9,14H,1,10-12H2,2-6H3,(H,28,33)(H2,26,29,30). The van der Waals surface area contributed by atoms with E-state index < -0.39 is 0 Å². The second-order valence-electron chi connectivity index (χ2n) is 9.69. The van der Waals surface area contributed by atoms with E-state index in [1.165, 1.54) is 6.08 Å². The van der Waals surface area contributed by atoms with Gasteiger partial charge in [-0.15, -0.1) is 0 Å². The molecule has 0 unspecified atom stereocenters. The number of nitrogens with one attached hydrogen (secondary N) is 3. The van der Waals surface area contributed by atoms with Gasteiger partial charge in [0, 0.05) is 30.5 Å². The minimum absolute atomic E-state index is 0.0523. The van der Waals surface area contributed by atoms with Crippen LogP contribution in [0.5, 0.6) is 0 Å². The van der Waals surface area contributed by atoms with Crippen LogP contribution in [0.4, 0.5) is 5.82 Å². The van der Waals surface area contributed by atoms with Gasteiger partial charge >= 0.3 is 0 Å². The molecule has 1 aliphatic rings. The summed E-state index contributed by atoms with van der Waals surface area (Å²) in [7, 11) is 1.83. The van der Waals surface area contributed by atoms with Crippen molar-refractivity contribution in [2.45, 2.75) is 45.7 Å². The van der Waals surface area contributed by atoms with Gasteiger partial charge in [-0.05, 0) is 36.1 Å². The summed E-state index contributed by atoms with van der Waals surface area (Å²) in [5, 5.41) is 15.2. The molecule has 180 valence electrons. The summed E-state index contributed by atoms with van der Waals surface area (Å²) in [6.45, 7) is 13.0. The third kappa shape index (κ3) is 4.40. The minimum Gasteiger partial charge on any atom is -0.361 e. The first-order valence-corrected chi connectivity index (χ1v) is 11.5. The number of hydrogen-bond acceptors (Lipinski definition) is 5. The van der Waals surface area contributed by atoms with Gasteiger partial charge in [0.25, 0.3) is 5.91 Å². The number of carbonyl (C=O) groups is 2. The maximum atomic E-state index is 13.0. The highest BCUT2D eigenvalue weighted by Gasteiger charge is 2.34. The van der Waals surface area contributed by atoms with E-state index in [1.54, 1.807) is 4.90 Å². The Morgan fingerprint density at radius 2 is 2.03 bits per heavy atom. The summed E-state index contributed by atoms with van der Waals surface area (Å²) in [5.41, 5.74) is 3.00. The predicted octanol–water partition coefficient (Wildman–Crippen LogP) is 3.29. The normalized spacial score (nSPS) is 14.2. The zero-order chi connectivity index (χ0) is 24.8. The first kappa shape index (κ1) is 23.8. The van der Waals surface area contributed by atoms with Crippen LogP contribution < -0.4 is 10.6 Å². The molecule has 3 heterocycles. The van der Waals surface area contributed by atoms with Crippen LogP contribution >= 0.6 is 11.6 Å². The molecule has 1 fully saturated rings. The Balaban J connectivity index is 1.49. The Bertz CT molecular complexity index is 1280. The number of imidazole rings is 1. The molecule has 34 heavy (non-hydrogen) atoms. The number of H-pyrrole nitrogens is 1. The summed E-state index contributed by atoms with van der Waals surface area (Å²) in [5.74, 6) is 1.09. The van der Waals surface area contributed by atoms with Crippen LogP contribution in [0, 0.1) is 6.92 Å². The smallest absolute Gasteiger partial charge is 0.272 e. The van der Waals surface area contributed by atoms with Crippen LogP contribution in [0.25, 0.3) is 10.9 Å².